The van der Waals surface area contributed by atoms with E-state index in [4.69, 9.17) is 9.47 Å². The van der Waals surface area contributed by atoms with Gasteiger partial charge in [0.15, 0.2) is 6.10 Å². The molecule has 4 fully saturated rings. The number of ether oxygens (including phenoxy) is 2. The molecule has 2 aromatic rings. The Morgan fingerprint density at radius 2 is 1.67 bits per heavy atom. The predicted molar refractivity (Wildman–Crippen MR) is 140 cm³/mol. The lowest BCUT2D eigenvalue weighted by Crippen LogP contribution is -2.59. The molecule has 3 N–H and O–H groups in total. The molecule has 0 aromatic heterocycles. The second kappa shape index (κ2) is 8.63. The molecule has 8 nitrogen and oxygen atoms in total. The SMILES string of the molecule is CC1(C)C[C@H]2[C@H](OC(=O)[C@H](O)[C@@H](NC(=O)c3ccccc3)c3ccccc3)[C@@]34COC(=O)[C@@]3(C4)[C@](C)(O)[C@H]2C1. The van der Waals surface area contributed by atoms with E-state index in [2.05, 4.69) is 19.2 Å². The van der Waals surface area contributed by atoms with Gasteiger partial charge in [-0.1, -0.05) is 62.4 Å². The molecule has 3 aliphatic carbocycles. The summed E-state index contributed by atoms with van der Waals surface area (Å²) in [5.41, 5.74) is -2.38. The number of hydrogen-bond acceptors (Lipinski definition) is 7. The van der Waals surface area contributed by atoms with Crippen molar-refractivity contribution in [2.45, 2.75) is 63.9 Å². The van der Waals surface area contributed by atoms with Crippen LogP contribution in [0.1, 0.15) is 62.0 Å². The third-order valence-corrected chi connectivity index (χ3v) is 9.99. The van der Waals surface area contributed by atoms with Gasteiger partial charge in [-0.15, -0.1) is 0 Å². The van der Waals surface area contributed by atoms with Crippen LogP contribution in [0.15, 0.2) is 60.7 Å². The molecule has 4 aliphatic rings. The lowest BCUT2D eigenvalue weighted by Gasteiger charge is -2.48. The second-order valence-electron chi connectivity index (χ2n) is 12.8. The molecule has 1 amide bonds. The van der Waals surface area contributed by atoms with E-state index >= 15 is 0 Å². The van der Waals surface area contributed by atoms with E-state index in [-0.39, 0.29) is 23.9 Å². The number of cyclic esters (lactones) is 1. The zero-order valence-corrected chi connectivity index (χ0v) is 22.4. The van der Waals surface area contributed by atoms with Crippen LogP contribution in [0, 0.1) is 28.1 Å². The van der Waals surface area contributed by atoms with Crippen LogP contribution >= 0.6 is 0 Å². The first kappa shape index (κ1) is 26.0. The Kier molecular flexibility index (Phi) is 5.76. The smallest absolute Gasteiger partial charge is 0.337 e. The lowest BCUT2D eigenvalue weighted by molar-refractivity contribution is -0.193. The van der Waals surface area contributed by atoms with Crippen molar-refractivity contribution in [1.29, 1.82) is 0 Å². The van der Waals surface area contributed by atoms with Gasteiger partial charge in [0.1, 0.15) is 18.1 Å². The molecule has 1 saturated heterocycles. The van der Waals surface area contributed by atoms with Crippen LogP contribution in [0.3, 0.4) is 0 Å². The monoisotopic (exact) mass is 533 g/mol. The highest BCUT2D eigenvalue weighted by Gasteiger charge is 2.91. The number of esters is 2. The quantitative estimate of drug-likeness (QED) is 0.488. The summed E-state index contributed by atoms with van der Waals surface area (Å²) >= 11 is 0. The third kappa shape index (κ3) is 3.68. The van der Waals surface area contributed by atoms with E-state index in [1.54, 1.807) is 61.5 Å². The van der Waals surface area contributed by atoms with Crippen molar-refractivity contribution in [3.8, 4) is 0 Å². The normalized spacial score (nSPS) is 36.9. The average Bonchev–Trinajstić information content (AvgIpc) is 3.40. The molecule has 3 saturated carbocycles. The van der Waals surface area contributed by atoms with Gasteiger partial charge in [-0.05, 0) is 55.2 Å². The van der Waals surface area contributed by atoms with Gasteiger partial charge in [-0.25, -0.2) is 4.79 Å². The summed E-state index contributed by atoms with van der Waals surface area (Å²) in [6.45, 7) is 6.05. The maximum atomic E-state index is 13.7. The summed E-state index contributed by atoms with van der Waals surface area (Å²) in [6, 6.07) is 16.3. The fourth-order valence-electron chi connectivity index (χ4n) is 8.13. The van der Waals surface area contributed by atoms with E-state index in [1.807, 2.05) is 6.07 Å². The molecule has 2 aromatic carbocycles. The molecule has 8 heteroatoms. The maximum absolute atomic E-state index is 13.7. The number of carbonyl (C=O) groups is 3. The molecule has 1 heterocycles. The second-order valence-corrected chi connectivity index (χ2v) is 12.8. The number of amides is 1. The Balaban J connectivity index is 1.30. The van der Waals surface area contributed by atoms with Crippen LogP contribution in [0.25, 0.3) is 0 Å². The van der Waals surface area contributed by atoms with Crippen molar-refractivity contribution < 1.29 is 34.1 Å². The highest BCUT2D eigenvalue weighted by atomic mass is 16.6. The Morgan fingerprint density at radius 1 is 1.03 bits per heavy atom. The Morgan fingerprint density at radius 3 is 2.33 bits per heavy atom. The van der Waals surface area contributed by atoms with Crippen LogP contribution < -0.4 is 5.32 Å². The summed E-state index contributed by atoms with van der Waals surface area (Å²) in [7, 11) is 0. The molecule has 0 unspecified atom stereocenters. The average molecular weight is 534 g/mol. The summed E-state index contributed by atoms with van der Waals surface area (Å²) in [5, 5.41) is 25.9. The van der Waals surface area contributed by atoms with Gasteiger partial charge in [0.25, 0.3) is 5.91 Å². The first-order chi connectivity index (χ1) is 18.4. The van der Waals surface area contributed by atoms with E-state index in [0.29, 0.717) is 30.4 Å². The van der Waals surface area contributed by atoms with Gasteiger partial charge in [0.05, 0.1) is 17.1 Å². The topological polar surface area (TPSA) is 122 Å². The van der Waals surface area contributed by atoms with Crippen LogP contribution in [-0.4, -0.2) is 52.5 Å². The minimum absolute atomic E-state index is 0.0759. The van der Waals surface area contributed by atoms with Crippen molar-refractivity contribution in [2.24, 2.45) is 28.1 Å². The molecular weight excluding hydrogens is 498 g/mol. The van der Waals surface area contributed by atoms with E-state index in [9.17, 15) is 24.6 Å². The number of aliphatic hydroxyl groups excluding tert-OH is 1. The standard InChI is InChI=1S/C31H35NO7/c1-28(2)14-20-21(15-28)29(3,37)31-16-30(31,17-38-27(31)36)24(20)39-26(35)23(33)22(18-10-6-4-7-11-18)32-25(34)19-12-8-5-9-13-19/h4-13,20-24,33,37H,14-17H2,1-3H3,(H,32,34)/t20-,21+,22+,23-,24+,29-,30-,31+/m1/s1. The maximum Gasteiger partial charge on any atom is 0.337 e. The summed E-state index contributed by atoms with van der Waals surface area (Å²) in [6.07, 6.45) is -0.607. The largest absolute Gasteiger partial charge is 0.464 e. The fraction of sp³-hybridized carbons (Fsp3) is 0.516. The molecule has 8 atom stereocenters. The fourth-order valence-corrected chi connectivity index (χ4v) is 8.13. The predicted octanol–water partition coefficient (Wildman–Crippen LogP) is 3.18. The van der Waals surface area contributed by atoms with Crippen molar-refractivity contribution in [3.05, 3.63) is 71.8 Å². The highest BCUT2D eigenvalue weighted by Crippen LogP contribution is 2.82. The molecule has 0 bridgehead atoms. The van der Waals surface area contributed by atoms with Crippen LogP contribution in [0.2, 0.25) is 0 Å². The van der Waals surface area contributed by atoms with Crippen molar-refractivity contribution >= 4 is 17.8 Å². The Bertz CT molecular complexity index is 1310. The zero-order chi connectivity index (χ0) is 27.8. The van der Waals surface area contributed by atoms with Gasteiger partial charge in [0, 0.05) is 11.5 Å². The molecule has 1 aliphatic heterocycles. The number of fused-ring (bicyclic) bond motifs is 1. The van der Waals surface area contributed by atoms with Gasteiger partial charge in [0.2, 0.25) is 0 Å². The zero-order valence-electron chi connectivity index (χ0n) is 22.4. The summed E-state index contributed by atoms with van der Waals surface area (Å²) in [5.74, 6) is -2.19. The first-order valence-electron chi connectivity index (χ1n) is 13.6. The van der Waals surface area contributed by atoms with Crippen molar-refractivity contribution in [2.75, 3.05) is 6.61 Å². The molecule has 39 heavy (non-hydrogen) atoms. The summed E-state index contributed by atoms with van der Waals surface area (Å²) < 4.78 is 11.6. The minimum Gasteiger partial charge on any atom is -0.464 e. The van der Waals surface area contributed by atoms with Crippen molar-refractivity contribution in [1.82, 2.24) is 5.32 Å². The van der Waals surface area contributed by atoms with Crippen molar-refractivity contribution in [3.63, 3.8) is 0 Å². The number of carbonyl (C=O) groups excluding carboxylic acids is 3. The van der Waals surface area contributed by atoms with E-state index in [1.165, 1.54) is 0 Å². The van der Waals surface area contributed by atoms with Gasteiger partial charge in [-0.3, -0.25) is 9.59 Å². The van der Waals surface area contributed by atoms with Crippen LogP contribution in [-0.2, 0) is 19.1 Å². The number of rotatable bonds is 6. The summed E-state index contributed by atoms with van der Waals surface area (Å²) in [4.78, 5) is 39.7. The van der Waals surface area contributed by atoms with Crippen LogP contribution in [0.4, 0.5) is 0 Å². The highest BCUT2D eigenvalue weighted by molar-refractivity contribution is 5.95. The van der Waals surface area contributed by atoms with E-state index in [0.717, 1.165) is 0 Å². The number of benzene rings is 2. The first-order valence-corrected chi connectivity index (χ1v) is 13.6. The number of aliphatic hydroxyl groups is 2. The minimum atomic E-state index is -1.70. The molecule has 6 rings (SSSR count). The molecular formula is C31H35NO7. The van der Waals surface area contributed by atoms with E-state index < -0.39 is 52.5 Å². The molecule has 206 valence electrons. The van der Waals surface area contributed by atoms with Crippen LogP contribution in [0.5, 0.6) is 0 Å². The lowest BCUT2D eigenvalue weighted by atomic mass is 9.60. The number of nitrogens with one attached hydrogen (secondary N) is 1. The third-order valence-electron chi connectivity index (χ3n) is 9.99. The number of hydrogen-bond donors (Lipinski definition) is 3. The molecule has 0 spiro atoms. The Hall–Kier alpha value is -3.23. The van der Waals surface area contributed by atoms with Gasteiger partial charge in [-0.2, -0.15) is 0 Å². The van der Waals surface area contributed by atoms with Gasteiger partial charge >= 0.3 is 11.9 Å². The Labute approximate surface area is 227 Å². The van der Waals surface area contributed by atoms with Gasteiger partial charge < -0.3 is 25.0 Å². The molecule has 0 radical (unpaired) electrons.